The first kappa shape index (κ1) is 22.9. The Kier molecular flexibility index (Phi) is 8.37. The van der Waals surface area contributed by atoms with Crippen LogP contribution in [0.1, 0.15) is 41.8 Å². The Hall–Kier alpha value is -3.39. The van der Waals surface area contributed by atoms with Crippen molar-refractivity contribution in [2.45, 2.75) is 32.9 Å². The molecule has 0 unspecified atom stereocenters. The van der Waals surface area contributed by atoms with Gasteiger partial charge in [-0.25, -0.2) is 10.2 Å². The summed E-state index contributed by atoms with van der Waals surface area (Å²) in [6, 6.07) is 13.0. The Bertz CT molecular complexity index is 901. The summed E-state index contributed by atoms with van der Waals surface area (Å²) in [6.45, 7) is 3.94. The van der Waals surface area contributed by atoms with E-state index in [1.54, 1.807) is 0 Å². The monoisotopic (exact) mass is 414 g/mol. The molecule has 0 aliphatic heterocycles. The van der Waals surface area contributed by atoms with E-state index in [-0.39, 0.29) is 31.2 Å². The zero-order chi connectivity index (χ0) is 22.1. The number of ether oxygens (including phenoxy) is 1. The van der Waals surface area contributed by atoms with E-state index in [9.17, 15) is 14.0 Å². The lowest BCUT2D eigenvalue weighted by atomic mass is 10.1. The maximum Gasteiger partial charge on any atom is 0.307 e. The Balaban J connectivity index is 1.93. The average molecular weight is 414 g/mol. The van der Waals surface area contributed by atoms with Crippen LogP contribution >= 0.6 is 0 Å². The summed E-state index contributed by atoms with van der Waals surface area (Å²) < 4.78 is 19.2. The van der Waals surface area contributed by atoms with Crippen molar-refractivity contribution in [2.75, 3.05) is 6.54 Å². The van der Waals surface area contributed by atoms with Crippen LogP contribution in [-0.2, 0) is 16.1 Å². The first-order chi connectivity index (χ1) is 14.3. The zero-order valence-corrected chi connectivity index (χ0v) is 17.1. The second-order valence-electron chi connectivity index (χ2n) is 6.93. The molecular weight excluding hydrogens is 387 g/mol. The van der Waals surface area contributed by atoms with Crippen LogP contribution in [0.15, 0.2) is 54.7 Å². The summed E-state index contributed by atoms with van der Waals surface area (Å²) in [5.41, 5.74) is 7.39. The third-order valence-corrected chi connectivity index (χ3v) is 4.31. The first-order valence-electron chi connectivity index (χ1n) is 9.56. The van der Waals surface area contributed by atoms with Gasteiger partial charge in [-0.05, 0) is 37.6 Å². The molecule has 1 amide bonds. The molecule has 0 heterocycles. The Morgan fingerprint density at radius 1 is 1.17 bits per heavy atom. The number of benzene rings is 2. The molecule has 0 bridgehead atoms. The van der Waals surface area contributed by atoms with Crippen LogP contribution < -0.4 is 16.9 Å². The van der Waals surface area contributed by atoms with Gasteiger partial charge in [0.2, 0.25) is 0 Å². The summed E-state index contributed by atoms with van der Waals surface area (Å²) >= 11 is 0. The number of hydrogen-bond acceptors (Lipinski definition) is 6. The number of nitrogens with one attached hydrogen (secondary N) is 1. The van der Waals surface area contributed by atoms with Gasteiger partial charge in [0, 0.05) is 29.9 Å². The quantitative estimate of drug-likeness (QED) is 0.330. The van der Waals surface area contributed by atoms with Crippen LogP contribution in [0.3, 0.4) is 0 Å². The molecule has 30 heavy (non-hydrogen) atoms. The number of nitrogens with two attached hydrogens (primary N) is 2. The molecular formula is C22H27FN4O3. The van der Waals surface area contributed by atoms with Crippen LogP contribution in [0.25, 0.3) is 5.70 Å². The SMILES string of the molecule is CC(C)N(N)/C(=C\N)c1cc(F)cc(C(=O)NCCC(=O)OCc2ccccc2)c1. The molecule has 0 spiro atoms. The van der Waals surface area contributed by atoms with Crippen molar-refractivity contribution in [3.63, 3.8) is 0 Å². The van der Waals surface area contributed by atoms with Gasteiger partial charge in [0.25, 0.3) is 5.91 Å². The van der Waals surface area contributed by atoms with Gasteiger partial charge in [0.05, 0.1) is 12.1 Å². The van der Waals surface area contributed by atoms with Crippen LogP contribution in [0.4, 0.5) is 4.39 Å². The molecule has 0 aromatic heterocycles. The molecule has 160 valence electrons. The van der Waals surface area contributed by atoms with Crippen molar-refractivity contribution in [1.82, 2.24) is 10.3 Å². The van der Waals surface area contributed by atoms with Gasteiger partial charge in [0.15, 0.2) is 0 Å². The second-order valence-corrected chi connectivity index (χ2v) is 6.93. The van der Waals surface area contributed by atoms with E-state index >= 15 is 0 Å². The lowest BCUT2D eigenvalue weighted by Gasteiger charge is -2.26. The van der Waals surface area contributed by atoms with Gasteiger partial charge in [-0.3, -0.25) is 9.59 Å². The molecule has 8 heteroatoms. The fraction of sp³-hybridized carbons (Fsp3) is 0.273. The molecule has 2 aromatic carbocycles. The number of carbonyl (C=O) groups is 2. The summed E-state index contributed by atoms with van der Waals surface area (Å²) in [6.07, 6.45) is 1.26. The molecule has 0 saturated carbocycles. The van der Waals surface area contributed by atoms with Crippen molar-refractivity contribution < 1.29 is 18.7 Å². The molecule has 7 nitrogen and oxygen atoms in total. The number of hydrazine groups is 1. The summed E-state index contributed by atoms with van der Waals surface area (Å²) in [5.74, 6) is 4.41. The maximum atomic E-state index is 14.1. The highest BCUT2D eigenvalue weighted by Gasteiger charge is 2.16. The van der Waals surface area contributed by atoms with E-state index in [4.69, 9.17) is 16.3 Å². The third-order valence-electron chi connectivity index (χ3n) is 4.31. The molecule has 2 aromatic rings. The summed E-state index contributed by atoms with van der Waals surface area (Å²) in [5, 5.41) is 3.98. The van der Waals surface area contributed by atoms with Crippen molar-refractivity contribution in [3.8, 4) is 0 Å². The molecule has 2 rings (SSSR count). The van der Waals surface area contributed by atoms with E-state index in [0.717, 1.165) is 11.6 Å². The number of amides is 1. The lowest BCUT2D eigenvalue weighted by molar-refractivity contribution is -0.144. The van der Waals surface area contributed by atoms with Crippen LogP contribution in [-0.4, -0.2) is 29.5 Å². The predicted octanol–water partition coefficient (Wildman–Crippen LogP) is 2.53. The number of nitrogens with zero attached hydrogens (tertiary/aromatic N) is 1. The zero-order valence-electron chi connectivity index (χ0n) is 17.1. The Labute approximate surface area is 175 Å². The number of halogens is 1. The van der Waals surface area contributed by atoms with Crippen molar-refractivity contribution >= 4 is 17.6 Å². The fourth-order valence-electron chi connectivity index (χ4n) is 2.67. The van der Waals surface area contributed by atoms with E-state index in [0.29, 0.717) is 11.3 Å². The van der Waals surface area contributed by atoms with Crippen molar-refractivity contribution in [1.29, 1.82) is 0 Å². The normalized spacial score (nSPS) is 11.3. The standard InChI is InChI=1S/C22H27FN4O3/c1-15(2)27(25)20(13-24)17-10-18(12-19(23)11-17)22(29)26-9-8-21(28)30-14-16-6-4-3-5-7-16/h3-7,10-13,15H,8-9,14,24-25H2,1-2H3,(H,26,29)/b20-13-. The predicted molar refractivity (Wildman–Crippen MR) is 113 cm³/mol. The second kappa shape index (κ2) is 11.0. The average Bonchev–Trinajstić information content (AvgIpc) is 2.73. The van der Waals surface area contributed by atoms with Crippen LogP contribution in [0.5, 0.6) is 0 Å². The number of rotatable bonds is 9. The van der Waals surface area contributed by atoms with Gasteiger partial charge in [-0.15, -0.1) is 0 Å². The number of hydrogen-bond donors (Lipinski definition) is 3. The van der Waals surface area contributed by atoms with Gasteiger partial charge >= 0.3 is 5.97 Å². The van der Waals surface area contributed by atoms with Crippen molar-refractivity contribution in [3.05, 3.63) is 77.2 Å². The van der Waals surface area contributed by atoms with Crippen molar-refractivity contribution in [2.24, 2.45) is 11.6 Å². The van der Waals surface area contributed by atoms with E-state index in [2.05, 4.69) is 5.32 Å². The molecule has 0 fully saturated rings. The maximum absolute atomic E-state index is 14.1. The van der Waals surface area contributed by atoms with Gasteiger partial charge in [-0.1, -0.05) is 30.3 Å². The molecule has 5 N–H and O–H groups in total. The molecule has 0 saturated heterocycles. The Morgan fingerprint density at radius 2 is 1.83 bits per heavy atom. The number of esters is 1. The lowest BCUT2D eigenvalue weighted by Crippen LogP contribution is -2.36. The first-order valence-corrected chi connectivity index (χ1v) is 9.56. The molecule has 0 aliphatic carbocycles. The topological polar surface area (TPSA) is 111 Å². The molecule has 0 atom stereocenters. The Morgan fingerprint density at radius 3 is 2.47 bits per heavy atom. The van der Waals surface area contributed by atoms with E-state index in [1.807, 2.05) is 44.2 Å². The third kappa shape index (κ3) is 6.59. The van der Waals surface area contributed by atoms with Gasteiger partial charge < -0.3 is 20.8 Å². The molecule has 0 aliphatic rings. The highest BCUT2D eigenvalue weighted by atomic mass is 19.1. The van der Waals surface area contributed by atoms with Crippen LogP contribution in [0.2, 0.25) is 0 Å². The highest BCUT2D eigenvalue weighted by Crippen LogP contribution is 2.20. The summed E-state index contributed by atoms with van der Waals surface area (Å²) in [4.78, 5) is 24.2. The minimum atomic E-state index is -0.601. The smallest absolute Gasteiger partial charge is 0.307 e. The molecule has 0 radical (unpaired) electrons. The number of carbonyl (C=O) groups excluding carboxylic acids is 2. The van der Waals surface area contributed by atoms with Crippen LogP contribution in [0, 0.1) is 5.82 Å². The minimum Gasteiger partial charge on any atom is -0.461 e. The summed E-state index contributed by atoms with van der Waals surface area (Å²) in [7, 11) is 0. The largest absolute Gasteiger partial charge is 0.461 e. The highest BCUT2D eigenvalue weighted by molar-refractivity contribution is 5.95. The fourth-order valence-corrected chi connectivity index (χ4v) is 2.67. The van der Waals surface area contributed by atoms with E-state index < -0.39 is 17.7 Å². The minimum absolute atomic E-state index is 0.00136. The van der Waals surface area contributed by atoms with E-state index in [1.165, 1.54) is 23.3 Å². The van der Waals surface area contributed by atoms with Gasteiger partial charge in [-0.2, -0.15) is 0 Å². The van der Waals surface area contributed by atoms with Gasteiger partial charge in [0.1, 0.15) is 12.4 Å².